The largest absolute Gasteiger partial charge is 0.371 e. The first kappa shape index (κ1) is 11.1. The number of anilines is 1. The first-order valence-electron chi connectivity index (χ1n) is 6.42. The van der Waals surface area contributed by atoms with Crippen molar-refractivity contribution >= 4 is 5.69 Å². The average molecular weight is 233 g/mol. The van der Waals surface area contributed by atoms with Gasteiger partial charge in [0.15, 0.2) is 0 Å². The summed E-state index contributed by atoms with van der Waals surface area (Å²) in [6.45, 7) is 5.99. The van der Waals surface area contributed by atoms with E-state index in [1.807, 2.05) is 0 Å². The summed E-state index contributed by atoms with van der Waals surface area (Å²) in [6.07, 6.45) is 1.96. The van der Waals surface area contributed by atoms with Gasteiger partial charge in [-0.05, 0) is 24.1 Å². The van der Waals surface area contributed by atoms with Gasteiger partial charge in [0.2, 0.25) is 0 Å². The molecule has 0 amide bonds. The smallest absolute Gasteiger partial charge is 0.0984 e. The summed E-state index contributed by atoms with van der Waals surface area (Å²) >= 11 is 0. The van der Waals surface area contributed by atoms with Crippen molar-refractivity contribution in [3.05, 3.63) is 29.8 Å². The van der Waals surface area contributed by atoms with Gasteiger partial charge in [0.25, 0.3) is 0 Å². The fourth-order valence-electron chi connectivity index (χ4n) is 2.07. The normalized spacial score (nSPS) is 25.7. The molecule has 17 heavy (non-hydrogen) atoms. The highest BCUT2D eigenvalue weighted by molar-refractivity contribution is 5.48. The Bertz CT molecular complexity index is 354. The molecule has 2 saturated heterocycles. The van der Waals surface area contributed by atoms with Crippen molar-refractivity contribution in [2.45, 2.75) is 25.6 Å². The highest BCUT2D eigenvalue weighted by atomic mass is 16.6. The van der Waals surface area contributed by atoms with Crippen LogP contribution in [0.1, 0.15) is 12.5 Å². The Balaban J connectivity index is 1.69. The Morgan fingerprint density at radius 2 is 1.59 bits per heavy atom. The molecule has 2 fully saturated rings. The molecule has 0 bridgehead atoms. The molecule has 2 unspecified atom stereocenters. The molecule has 3 heteroatoms. The molecule has 0 radical (unpaired) electrons. The van der Waals surface area contributed by atoms with Gasteiger partial charge in [0, 0.05) is 18.8 Å². The van der Waals surface area contributed by atoms with Crippen molar-refractivity contribution in [1.82, 2.24) is 0 Å². The van der Waals surface area contributed by atoms with Crippen molar-refractivity contribution in [2.75, 3.05) is 31.2 Å². The van der Waals surface area contributed by atoms with Crippen molar-refractivity contribution in [3.8, 4) is 0 Å². The molecular weight excluding hydrogens is 214 g/mol. The summed E-state index contributed by atoms with van der Waals surface area (Å²) in [5.41, 5.74) is 2.67. The maximum Gasteiger partial charge on any atom is 0.0984 e. The monoisotopic (exact) mass is 233 g/mol. The van der Waals surface area contributed by atoms with Crippen LogP contribution in [-0.4, -0.2) is 38.5 Å². The lowest BCUT2D eigenvalue weighted by Gasteiger charge is -2.23. The number of epoxide rings is 2. The summed E-state index contributed by atoms with van der Waals surface area (Å²) in [7, 11) is 0. The van der Waals surface area contributed by atoms with Crippen LogP contribution in [0, 0.1) is 0 Å². The van der Waals surface area contributed by atoms with Crippen LogP contribution in [0.2, 0.25) is 0 Å². The lowest BCUT2D eigenvalue weighted by molar-refractivity contribution is 0.389. The Kier molecular flexibility index (Phi) is 3.04. The van der Waals surface area contributed by atoms with E-state index in [9.17, 15) is 0 Å². The SMILES string of the molecule is CCc1ccc(N(CC2CO2)CC2CO2)cc1. The minimum absolute atomic E-state index is 0.430. The number of ether oxygens (including phenoxy) is 2. The van der Waals surface area contributed by atoms with E-state index in [0.29, 0.717) is 12.2 Å². The second-order valence-corrected chi connectivity index (χ2v) is 4.84. The van der Waals surface area contributed by atoms with Gasteiger partial charge in [-0.3, -0.25) is 0 Å². The van der Waals surface area contributed by atoms with Gasteiger partial charge >= 0.3 is 0 Å². The zero-order valence-corrected chi connectivity index (χ0v) is 10.3. The van der Waals surface area contributed by atoms with Gasteiger partial charge in [-0.2, -0.15) is 0 Å². The van der Waals surface area contributed by atoms with Crippen LogP contribution >= 0.6 is 0 Å². The van der Waals surface area contributed by atoms with E-state index in [1.54, 1.807) is 0 Å². The maximum absolute atomic E-state index is 5.32. The predicted octanol–water partition coefficient (Wildman–Crippen LogP) is 1.85. The quantitative estimate of drug-likeness (QED) is 0.702. The lowest BCUT2D eigenvalue weighted by atomic mass is 10.1. The average Bonchev–Trinajstić information content (AvgIpc) is 3.23. The van der Waals surface area contributed by atoms with Gasteiger partial charge in [-0.25, -0.2) is 0 Å². The summed E-state index contributed by atoms with van der Waals surface area (Å²) in [5, 5.41) is 0. The van der Waals surface area contributed by atoms with Gasteiger partial charge in [-0.15, -0.1) is 0 Å². The number of aryl methyl sites for hydroxylation is 1. The van der Waals surface area contributed by atoms with Crippen LogP contribution < -0.4 is 4.90 Å². The van der Waals surface area contributed by atoms with E-state index in [2.05, 4.69) is 36.1 Å². The molecule has 0 aromatic heterocycles. The summed E-state index contributed by atoms with van der Waals surface area (Å²) < 4.78 is 10.6. The Morgan fingerprint density at radius 1 is 1.06 bits per heavy atom. The summed E-state index contributed by atoms with van der Waals surface area (Å²) in [4.78, 5) is 2.38. The van der Waals surface area contributed by atoms with Crippen LogP contribution in [0.4, 0.5) is 5.69 Å². The van der Waals surface area contributed by atoms with Crippen LogP contribution in [0.3, 0.4) is 0 Å². The van der Waals surface area contributed by atoms with Gasteiger partial charge in [0.05, 0.1) is 25.4 Å². The Hall–Kier alpha value is -1.06. The molecule has 3 nitrogen and oxygen atoms in total. The molecule has 0 spiro atoms. The van der Waals surface area contributed by atoms with Crippen LogP contribution in [0.15, 0.2) is 24.3 Å². The molecule has 1 aromatic rings. The van der Waals surface area contributed by atoms with Crippen LogP contribution in [-0.2, 0) is 15.9 Å². The summed E-state index contributed by atoms with van der Waals surface area (Å²) in [5.74, 6) is 0. The molecule has 1 aromatic carbocycles. The number of rotatable bonds is 6. The Morgan fingerprint density at radius 3 is 2.00 bits per heavy atom. The molecule has 2 heterocycles. The van der Waals surface area contributed by atoms with Crippen LogP contribution in [0.25, 0.3) is 0 Å². The fraction of sp³-hybridized carbons (Fsp3) is 0.571. The van der Waals surface area contributed by atoms with Crippen molar-refractivity contribution in [2.24, 2.45) is 0 Å². The second kappa shape index (κ2) is 4.67. The van der Waals surface area contributed by atoms with Gasteiger partial charge < -0.3 is 14.4 Å². The first-order chi connectivity index (χ1) is 8.35. The maximum atomic E-state index is 5.32. The third-order valence-corrected chi connectivity index (χ3v) is 3.36. The van der Waals surface area contributed by atoms with Gasteiger partial charge in [0.1, 0.15) is 0 Å². The van der Waals surface area contributed by atoms with E-state index in [4.69, 9.17) is 9.47 Å². The van der Waals surface area contributed by atoms with E-state index >= 15 is 0 Å². The summed E-state index contributed by atoms with van der Waals surface area (Å²) in [6, 6.07) is 8.85. The zero-order valence-electron chi connectivity index (χ0n) is 10.3. The number of benzene rings is 1. The molecule has 2 atom stereocenters. The minimum Gasteiger partial charge on any atom is -0.371 e. The number of hydrogen-bond acceptors (Lipinski definition) is 3. The standard InChI is InChI=1S/C14H19NO2/c1-2-11-3-5-12(6-4-11)15(7-13-9-16-13)8-14-10-17-14/h3-6,13-14H,2,7-10H2,1H3. The van der Waals surface area contributed by atoms with Crippen molar-refractivity contribution < 1.29 is 9.47 Å². The molecule has 92 valence electrons. The van der Waals surface area contributed by atoms with Crippen molar-refractivity contribution in [1.29, 1.82) is 0 Å². The predicted molar refractivity (Wildman–Crippen MR) is 67.5 cm³/mol. The van der Waals surface area contributed by atoms with Crippen molar-refractivity contribution in [3.63, 3.8) is 0 Å². The molecular formula is C14H19NO2. The fourth-order valence-corrected chi connectivity index (χ4v) is 2.07. The first-order valence-corrected chi connectivity index (χ1v) is 6.42. The topological polar surface area (TPSA) is 28.3 Å². The lowest BCUT2D eigenvalue weighted by Crippen LogP contribution is -2.31. The van der Waals surface area contributed by atoms with E-state index < -0.39 is 0 Å². The molecule has 0 aliphatic carbocycles. The molecule has 2 aliphatic heterocycles. The van der Waals surface area contributed by atoms with Crippen LogP contribution in [0.5, 0.6) is 0 Å². The van der Waals surface area contributed by atoms with E-state index in [1.165, 1.54) is 11.3 Å². The Labute approximate surface area is 102 Å². The molecule has 3 rings (SSSR count). The van der Waals surface area contributed by atoms with Gasteiger partial charge in [-0.1, -0.05) is 19.1 Å². The third kappa shape index (κ3) is 2.99. The molecule has 0 N–H and O–H groups in total. The third-order valence-electron chi connectivity index (χ3n) is 3.36. The molecule has 0 saturated carbocycles. The highest BCUT2D eigenvalue weighted by Gasteiger charge is 2.30. The molecule has 2 aliphatic rings. The van der Waals surface area contributed by atoms with E-state index in [-0.39, 0.29) is 0 Å². The number of nitrogens with zero attached hydrogens (tertiary/aromatic N) is 1. The second-order valence-electron chi connectivity index (χ2n) is 4.84. The minimum atomic E-state index is 0.430. The highest BCUT2D eigenvalue weighted by Crippen LogP contribution is 2.22. The number of hydrogen-bond donors (Lipinski definition) is 0. The zero-order chi connectivity index (χ0) is 11.7. The van der Waals surface area contributed by atoms with E-state index in [0.717, 1.165) is 32.7 Å².